The van der Waals surface area contributed by atoms with E-state index in [9.17, 15) is 34.8 Å². The van der Waals surface area contributed by atoms with Crippen LogP contribution in [0.15, 0.2) is 41.3 Å². The molecule has 1 heterocycles. The van der Waals surface area contributed by atoms with Crippen LogP contribution >= 0.6 is 11.6 Å². The van der Waals surface area contributed by atoms with E-state index in [1.807, 2.05) is 0 Å². The van der Waals surface area contributed by atoms with E-state index < -0.39 is 54.8 Å². The van der Waals surface area contributed by atoms with E-state index >= 15 is 0 Å². The van der Waals surface area contributed by atoms with Gasteiger partial charge in [-0.2, -0.15) is 18.3 Å². The summed E-state index contributed by atoms with van der Waals surface area (Å²) >= 11 is 5.67. The number of hydrogen-bond acceptors (Lipinski definition) is 3. The smallest absolute Gasteiger partial charge is 0.232 e. The third-order valence-corrected chi connectivity index (χ3v) is 5.23. The number of nitrogens with zero attached hydrogens (tertiary/aromatic N) is 2. The number of aromatic nitrogens is 2. The molecule has 3 aromatic rings. The lowest BCUT2D eigenvalue weighted by molar-refractivity contribution is -0.141. The Hall–Kier alpha value is -2.53. The van der Waals surface area contributed by atoms with Crippen molar-refractivity contribution in [1.82, 2.24) is 9.78 Å². The Bertz CT molecular complexity index is 1200. The van der Waals surface area contributed by atoms with Gasteiger partial charge in [-0.3, -0.25) is 0 Å². The minimum atomic E-state index is -4.90. The van der Waals surface area contributed by atoms with Crippen LogP contribution in [0.1, 0.15) is 5.69 Å². The predicted molar refractivity (Wildman–Crippen MR) is 92.0 cm³/mol. The standard InChI is InChI=1S/C17H9ClF6N2O2S/c1-29(27,28)16-12(20)5-9(6-13(16)21)26-14(7-15(25-26)17(22,23)24)8-2-3-11(19)10(18)4-8/h2-7H,1H3. The van der Waals surface area contributed by atoms with E-state index in [1.165, 1.54) is 0 Å². The van der Waals surface area contributed by atoms with Gasteiger partial charge in [-0.05, 0) is 24.3 Å². The third-order valence-electron chi connectivity index (χ3n) is 3.81. The summed E-state index contributed by atoms with van der Waals surface area (Å²) in [4.78, 5) is -1.23. The second-order valence-electron chi connectivity index (χ2n) is 5.96. The zero-order valence-electron chi connectivity index (χ0n) is 14.2. The van der Waals surface area contributed by atoms with Crippen molar-refractivity contribution in [2.24, 2.45) is 0 Å². The predicted octanol–water partition coefficient (Wildman–Crippen LogP) is 5.03. The number of hydrogen-bond donors (Lipinski definition) is 0. The summed E-state index contributed by atoms with van der Waals surface area (Å²) in [6, 6.07) is 4.66. The van der Waals surface area contributed by atoms with Gasteiger partial charge in [-0.15, -0.1) is 0 Å². The molecule has 0 aliphatic rings. The molecular formula is C17H9ClF6N2O2S. The zero-order valence-corrected chi connectivity index (χ0v) is 15.8. The summed E-state index contributed by atoms with van der Waals surface area (Å²) in [5.74, 6) is -3.84. The van der Waals surface area contributed by atoms with Crippen molar-refractivity contribution in [1.29, 1.82) is 0 Å². The van der Waals surface area contributed by atoms with Gasteiger partial charge in [0.1, 0.15) is 22.3 Å². The fourth-order valence-electron chi connectivity index (χ4n) is 2.60. The monoisotopic (exact) mass is 454 g/mol. The average Bonchev–Trinajstić information content (AvgIpc) is 3.01. The lowest BCUT2D eigenvalue weighted by Crippen LogP contribution is -2.10. The summed E-state index contributed by atoms with van der Waals surface area (Å²) in [5.41, 5.74) is -2.23. The van der Waals surface area contributed by atoms with E-state index in [0.717, 1.165) is 18.2 Å². The highest BCUT2D eigenvalue weighted by molar-refractivity contribution is 7.90. The number of alkyl halides is 3. The molecule has 4 nitrogen and oxygen atoms in total. The van der Waals surface area contributed by atoms with Gasteiger partial charge in [0.25, 0.3) is 0 Å². The second-order valence-corrected chi connectivity index (χ2v) is 8.32. The summed E-state index contributed by atoms with van der Waals surface area (Å²) < 4.78 is 105. The Labute approximate surface area is 165 Å². The fraction of sp³-hybridized carbons (Fsp3) is 0.118. The van der Waals surface area contributed by atoms with Crippen LogP contribution in [-0.4, -0.2) is 24.5 Å². The molecule has 0 bridgehead atoms. The maximum absolute atomic E-state index is 14.2. The van der Waals surface area contributed by atoms with Gasteiger partial charge < -0.3 is 0 Å². The first kappa shape index (κ1) is 21.2. The molecule has 0 amide bonds. The maximum atomic E-state index is 14.2. The first-order valence-corrected chi connectivity index (χ1v) is 9.88. The van der Waals surface area contributed by atoms with Crippen LogP contribution in [0.25, 0.3) is 16.9 Å². The molecule has 2 aromatic carbocycles. The first-order valence-electron chi connectivity index (χ1n) is 7.61. The fourth-order valence-corrected chi connectivity index (χ4v) is 3.61. The van der Waals surface area contributed by atoms with Crippen molar-refractivity contribution in [2.75, 3.05) is 6.26 Å². The van der Waals surface area contributed by atoms with E-state index in [2.05, 4.69) is 5.10 Å². The minimum absolute atomic E-state index is 0.0209. The van der Waals surface area contributed by atoms with Crippen LogP contribution in [0.3, 0.4) is 0 Å². The number of benzene rings is 2. The molecule has 154 valence electrons. The van der Waals surface area contributed by atoms with Gasteiger partial charge in [-0.1, -0.05) is 11.6 Å². The van der Waals surface area contributed by atoms with Crippen LogP contribution in [0.4, 0.5) is 26.3 Å². The molecule has 0 spiro atoms. The van der Waals surface area contributed by atoms with Crippen LogP contribution in [-0.2, 0) is 16.0 Å². The Kier molecular flexibility index (Phi) is 5.16. The van der Waals surface area contributed by atoms with Gasteiger partial charge in [0.15, 0.2) is 15.5 Å². The SMILES string of the molecule is CS(=O)(=O)c1c(F)cc(-n2nc(C(F)(F)F)cc2-c2ccc(F)c(Cl)c2)cc1F. The second kappa shape index (κ2) is 7.06. The highest BCUT2D eigenvalue weighted by Crippen LogP contribution is 2.35. The Morgan fingerprint density at radius 1 is 0.966 bits per heavy atom. The van der Waals surface area contributed by atoms with Crippen molar-refractivity contribution in [3.63, 3.8) is 0 Å². The third kappa shape index (κ3) is 4.10. The summed E-state index contributed by atoms with van der Waals surface area (Å²) in [5, 5.41) is 2.93. The molecule has 0 atom stereocenters. The van der Waals surface area contributed by atoms with E-state index in [4.69, 9.17) is 11.6 Å². The van der Waals surface area contributed by atoms with Gasteiger partial charge in [0, 0.05) is 24.0 Å². The van der Waals surface area contributed by atoms with Gasteiger partial charge in [0.2, 0.25) is 0 Å². The van der Waals surface area contributed by atoms with Crippen molar-refractivity contribution < 1.29 is 34.8 Å². The molecule has 0 saturated heterocycles. The largest absolute Gasteiger partial charge is 0.435 e. The van der Waals surface area contributed by atoms with Crippen molar-refractivity contribution >= 4 is 21.4 Å². The highest BCUT2D eigenvalue weighted by atomic mass is 35.5. The summed E-state index contributed by atoms with van der Waals surface area (Å²) in [7, 11) is -4.27. The Morgan fingerprint density at radius 2 is 1.55 bits per heavy atom. The Balaban J connectivity index is 2.29. The molecular weight excluding hydrogens is 446 g/mol. The molecule has 0 N–H and O–H groups in total. The summed E-state index contributed by atoms with van der Waals surface area (Å²) in [6.45, 7) is 0. The molecule has 29 heavy (non-hydrogen) atoms. The Morgan fingerprint density at radius 3 is 2.03 bits per heavy atom. The van der Waals surface area contributed by atoms with Gasteiger partial charge in [0.05, 0.1) is 16.4 Å². The van der Waals surface area contributed by atoms with Crippen molar-refractivity contribution in [3.05, 3.63) is 64.6 Å². The number of sulfone groups is 1. The van der Waals surface area contributed by atoms with Gasteiger partial charge >= 0.3 is 6.18 Å². The lowest BCUT2D eigenvalue weighted by atomic mass is 10.1. The number of halogens is 7. The lowest BCUT2D eigenvalue weighted by Gasteiger charge is -2.11. The van der Waals surface area contributed by atoms with Crippen LogP contribution in [0.2, 0.25) is 5.02 Å². The van der Waals surface area contributed by atoms with Crippen LogP contribution in [0.5, 0.6) is 0 Å². The maximum Gasteiger partial charge on any atom is 0.435 e. The first-order chi connectivity index (χ1) is 13.3. The average molecular weight is 455 g/mol. The quantitative estimate of drug-likeness (QED) is 0.521. The minimum Gasteiger partial charge on any atom is -0.232 e. The molecule has 0 fully saturated rings. The molecule has 0 radical (unpaired) electrons. The summed E-state index contributed by atoms with van der Waals surface area (Å²) in [6.07, 6.45) is -4.32. The molecule has 0 saturated carbocycles. The number of rotatable bonds is 3. The topological polar surface area (TPSA) is 52.0 Å². The normalized spacial score (nSPS) is 12.4. The zero-order chi connectivity index (χ0) is 21.7. The van der Waals surface area contributed by atoms with Crippen molar-refractivity contribution in [2.45, 2.75) is 11.1 Å². The van der Waals surface area contributed by atoms with Crippen molar-refractivity contribution in [3.8, 4) is 16.9 Å². The molecule has 1 aromatic heterocycles. The highest BCUT2D eigenvalue weighted by Gasteiger charge is 2.35. The molecule has 0 aliphatic heterocycles. The van der Waals surface area contributed by atoms with Gasteiger partial charge in [-0.25, -0.2) is 26.3 Å². The molecule has 0 aliphatic carbocycles. The molecule has 12 heteroatoms. The van der Waals surface area contributed by atoms with E-state index in [0.29, 0.717) is 29.1 Å². The van der Waals surface area contributed by atoms with E-state index in [1.54, 1.807) is 0 Å². The molecule has 0 unspecified atom stereocenters. The van der Waals surface area contributed by atoms with E-state index in [-0.39, 0.29) is 11.3 Å². The molecule has 3 rings (SSSR count). The van der Waals surface area contributed by atoms with Crippen LogP contribution < -0.4 is 0 Å². The van der Waals surface area contributed by atoms with Crippen LogP contribution in [0, 0.1) is 17.5 Å².